The zero-order valence-electron chi connectivity index (χ0n) is 16.7. The second-order valence-electron chi connectivity index (χ2n) is 7.23. The van der Waals surface area contributed by atoms with Gasteiger partial charge >= 0.3 is 5.97 Å². The van der Waals surface area contributed by atoms with Crippen molar-refractivity contribution in [3.63, 3.8) is 0 Å². The van der Waals surface area contributed by atoms with Crippen LogP contribution in [0.4, 0.5) is 5.69 Å². The Kier molecular flexibility index (Phi) is 4.59. The quantitative estimate of drug-likeness (QED) is 0.503. The summed E-state index contributed by atoms with van der Waals surface area (Å²) >= 11 is 0. The second-order valence-corrected chi connectivity index (χ2v) is 7.23. The van der Waals surface area contributed by atoms with E-state index in [9.17, 15) is 9.59 Å². The Balaban J connectivity index is 1.32. The maximum absolute atomic E-state index is 12.4. The van der Waals surface area contributed by atoms with Crippen molar-refractivity contribution in [1.29, 1.82) is 0 Å². The summed E-state index contributed by atoms with van der Waals surface area (Å²) in [5.41, 5.74) is 5.06. The third kappa shape index (κ3) is 3.71. The van der Waals surface area contributed by atoms with Crippen molar-refractivity contribution in [2.24, 2.45) is 0 Å². The van der Waals surface area contributed by atoms with Crippen LogP contribution in [0.25, 0.3) is 16.7 Å². The van der Waals surface area contributed by atoms with Crippen molar-refractivity contribution < 1.29 is 19.1 Å². The Bertz CT molecular complexity index is 1300. The number of esters is 1. The fourth-order valence-electron chi connectivity index (χ4n) is 3.42. The number of nitrogens with zero attached hydrogens (tertiary/aromatic N) is 3. The summed E-state index contributed by atoms with van der Waals surface area (Å²) in [4.78, 5) is 25.5. The maximum Gasteiger partial charge on any atom is 0.338 e. The topological polar surface area (TPSA) is 95.3 Å². The Morgan fingerprint density at radius 2 is 1.87 bits per heavy atom. The van der Waals surface area contributed by atoms with Gasteiger partial charge in [0, 0.05) is 11.3 Å². The third-order valence-electron chi connectivity index (χ3n) is 4.94. The molecular formula is C23H18N4O4. The molecule has 31 heavy (non-hydrogen) atoms. The smallest absolute Gasteiger partial charge is 0.338 e. The number of nitrogens with one attached hydrogen (secondary N) is 1. The molecule has 1 N–H and O–H groups in total. The number of anilines is 1. The molecule has 4 aromatic rings. The van der Waals surface area contributed by atoms with Gasteiger partial charge in [0.05, 0.1) is 5.56 Å². The van der Waals surface area contributed by atoms with Crippen molar-refractivity contribution in [3.8, 4) is 11.4 Å². The molecule has 0 saturated heterocycles. The number of hydrogen-bond acceptors (Lipinski definition) is 6. The van der Waals surface area contributed by atoms with Gasteiger partial charge in [-0.05, 0) is 55.0 Å². The minimum Gasteiger partial charge on any atom is -0.481 e. The van der Waals surface area contributed by atoms with Gasteiger partial charge in [-0.2, -0.15) is 0 Å². The predicted octanol–water partition coefficient (Wildman–Crippen LogP) is 3.42. The van der Waals surface area contributed by atoms with Crippen LogP contribution in [-0.4, -0.2) is 33.5 Å². The van der Waals surface area contributed by atoms with Crippen molar-refractivity contribution >= 4 is 28.6 Å². The molecule has 0 unspecified atom stereocenters. The first kappa shape index (κ1) is 18.8. The van der Waals surface area contributed by atoms with Crippen molar-refractivity contribution in [1.82, 2.24) is 15.0 Å². The molecule has 5 rings (SSSR count). The van der Waals surface area contributed by atoms with E-state index in [0.717, 1.165) is 22.2 Å². The van der Waals surface area contributed by atoms with E-state index in [1.54, 1.807) is 24.3 Å². The molecule has 0 atom stereocenters. The molecule has 8 heteroatoms. The molecule has 3 aromatic carbocycles. The highest BCUT2D eigenvalue weighted by Gasteiger charge is 2.21. The number of aromatic nitrogens is 3. The molecule has 0 aliphatic carbocycles. The number of benzene rings is 3. The van der Waals surface area contributed by atoms with Gasteiger partial charge in [0.2, 0.25) is 0 Å². The molecule has 1 aromatic heterocycles. The molecule has 0 fully saturated rings. The van der Waals surface area contributed by atoms with Gasteiger partial charge in [-0.3, -0.25) is 4.79 Å². The Morgan fingerprint density at radius 1 is 1.10 bits per heavy atom. The zero-order chi connectivity index (χ0) is 21.4. The average molecular weight is 414 g/mol. The number of carbonyl (C=O) groups is 2. The summed E-state index contributed by atoms with van der Waals surface area (Å²) < 4.78 is 10.8. The van der Waals surface area contributed by atoms with Gasteiger partial charge in [-0.25, -0.2) is 4.79 Å². The molecule has 0 bridgehead atoms. The monoisotopic (exact) mass is 414 g/mol. The minimum atomic E-state index is -0.344. The van der Waals surface area contributed by atoms with E-state index < -0.39 is 0 Å². The van der Waals surface area contributed by atoms with Crippen LogP contribution >= 0.6 is 0 Å². The van der Waals surface area contributed by atoms with E-state index in [4.69, 9.17) is 9.47 Å². The van der Waals surface area contributed by atoms with Gasteiger partial charge in [0.15, 0.2) is 6.61 Å². The number of amides is 1. The fourth-order valence-corrected chi connectivity index (χ4v) is 3.42. The molecule has 2 heterocycles. The summed E-state index contributed by atoms with van der Waals surface area (Å²) in [5, 5.41) is 11.8. The van der Waals surface area contributed by atoms with E-state index in [1.165, 1.54) is 4.80 Å². The molecule has 1 aliphatic rings. The Hall–Kier alpha value is -4.20. The van der Waals surface area contributed by atoms with Gasteiger partial charge in [-0.1, -0.05) is 18.2 Å². The number of carbonyl (C=O) groups excluding carboxylic acids is 2. The third-order valence-corrected chi connectivity index (χ3v) is 4.94. The Labute approximate surface area is 177 Å². The first-order valence-electron chi connectivity index (χ1n) is 9.73. The van der Waals surface area contributed by atoms with Crippen LogP contribution in [0, 0.1) is 6.92 Å². The zero-order valence-corrected chi connectivity index (χ0v) is 16.7. The lowest BCUT2D eigenvalue weighted by Crippen LogP contribution is -2.21. The standard InChI is InChI=1S/C23H18N4O4/c1-14-6-9-21(20(10-14)27-25-18-4-2-3-5-19(18)26-27)30-13-22(28)24-16-7-8-17-15(11-16)12-31-23(17)29/h2-11H,12-13H2,1H3,(H,24,28). The van der Waals surface area contributed by atoms with E-state index in [0.29, 0.717) is 22.7 Å². The van der Waals surface area contributed by atoms with Crippen LogP contribution in [-0.2, 0) is 16.1 Å². The second kappa shape index (κ2) is 7.56. The SMILES string of the molecule is Cc1ccc(OCC(=O)Nc2ccc3c(c2)COC3=O)c(-n2nc3ccccc3n2)c1. The number of ether oxygens (including phenoxy) is 2. The van der Waals surface area contributed by atoms with Gasteiger partial charge in [0.1, 0.15) is 29.1 Å². The lowest BCUT2D eigenvalue weighted by Gasteiger charge is -2.12. The molecule has 8 nitrogen and oxygen atoms in total. The van der Waals surface area contributed by atoms with E-state index in [-0.39, 0.29) is 25.1 Å². The maximum atomic E-state index is 12.4. The van der Waals surface area contributed by atoms with Crippen LogP contribution in [0.1, 0.15) is 21.5 Å². The summed E-state index contributed by atoms with van der Waals surface area (Å²) in [6, 6.07) is 18.2. The number of cyclic esters (lactones) is 1. The van der Waals surface area contributed by atoms with Crippen molar-refractivity contribution in [2.45, 2.75) is 13.5 Å². The molecule has 0 spiro atoms. The van der Waals surface area contributed by atoms with Crippen molar-refractivity contribution in [2.75, 3.05) is 11.9 Å². The highest BCUT2D eigenvalue weighted by atomic mass is 16.5. The highest BCUT2D eigenvalue weighted by Crippen LogP contribution is 2.25. The van der Waals surface area contributed by atoms with Crippen LogP contribution < -0.4 is 10.1 Å². The molecule has 154 valence electrons. The average Bonchev–Trinajstić information content (AvgIpc) is 3.36. The molecule has 1 aliphatic heterocycles. The summed E-state index contributed by atoms with van der Waals surface area (Å²) in [6.45, 7) is 1.99. The summed E-state index contributed by atoms with van der Waals surface area (Å²) in [7, 11) is 0. The summed E-state index contributed by atoms with van der Waals surface area (Å²) in [6.07, 6.45) is 0. The van der Waals surface area contributed by atoms with Gasteiger partial charge in [-0.15, -0.1) is 15.0 Å². The van der Waals surface area contributed by atoms with Gasteiger partial charge in [0.25, 0.3) is 5.91 Å². The van der Waals surface area contributed by atoms with E-state index in [2.05, 4.69) is 15.5 Å². The predicted molar refractivity (Wildman–Crippen MR) is 113 cm³/mol. The van der Waals surface area contributed by atoms with Crippen LogP contribution in [0.3, 0.4) is 0 Å². The number of hydrogen-bond donors (Lipinski definition) is 1. The van der Waals surface area contributed by atoms with E-state index >= 15 is 0 Å². The van der Waals surface area contributed by atoms with Gasteiger partial charge < -0.3 is 14.8 Å². The summed E-state index contributed by atoms with van der Waals surface area (Å²) in [5.74, 6) is -0.174. The first-order valence-corrected chi connectivity index (χ1v) is 9.73. The molecule has 1 amide bonds. The van der Waals surface area contributed by atoms with E-state index in [1.807, 2.05) is 43.3 Å². The van der Waals surface area contributed by atoms with Crippen LogP contribution in [0.2, 0.25) is 0 Å². The normalized spacial score (nSPS) is 12.5. The number of fused-ring (bicyclic) bond motifs is 2. The number of aryl methyl sites for hydroxylation is 1. The largest absolute Gasteiger partial charge is 0.481 e. The molecular weight excluding hydrogens is 396 g/mol. The van der Waals surface area contributed by atoms with Crippen LogP contribution in [0.15, 0.2) is 60.7 Å². The minimum absolute atomic E-state index is 0.191. The number of rotatable bonds is 5. The lowest BCUT2D eigenvalue weighted by molar-refractivity contribution is -0.118. The molecule has 0 saturated carbocycles. The lowest BCUT2D eigenvalue weighted by atomic mass is 10.1. The first-order chi connectivity index (χ1) is 15.1. The molecule has 0 radical (unpaired) electrons. The van der Waals surface area contributed by atoms with Crippen molar-refractivity contribution in [3.05, 3.63) is 77.4 Å². The fraction of sp³-hybridized carbons (Fsp3) is 0.130. The Morgan fingerprint density at radius 3 is 2.65 bits per heavy atom. The highest BCUT2D eigenvalue weighted by molar-refractivity contribution is 5.96. The van der Waals surface area contributed by atoms with Crippen LogP contribution in [0.5, 0.6) is 5.75 Å².